The lowest BCUT2D eigenvalue weighted by molar-refractivity contribution is -0.139. The van der Waals surface area contributed by atoms with Crippen LogP contribution in [0.3, 0.4) is 0 Å². The molecule has 1 fully saturated rings. The third kappa shape index (κ3) is 3.17. The maximum atomic E-state index is 10.8. The van der Waals surface area contributed by atoms with Gasteiger partial charge in [0.05, 0.1) is 6.42 Å². The minimum absolute atomic E-state index is 0.0129. The molecule has 0 aromatic heterocycles. The van der Waals surface area contributed by atoms with Gasteiger partial charge in [-0.2, -0.15) is 0 Å². The molecule has 0 saturated heterocycles. The van der Waals surface area contributed by atoms with E-state index in [1.807, 2.05) is 0 Å². The summed E-state index contributed by atoms with van der Waals surface area (Å²) in [6.07, 6.45) is 11.3. The fourth-order valence-corrected chi connectivity index (χ4v) is 2.28. The number of carboxylic acids is 1. The van der Waals surface area contributed by atoms with E-state index in [4.69, 9.17) is 5.11 Å². The van der Waals surface area contributed by atoms with E-state index in [0.717, 1.165) is 25.7 Å². The molecule has 0 atom stereocenters. The van der Waals surface area contributed by atoms with Crippen LogP contribution in [0.1, 0.15) is 51.9 Å². The van der Waals surface area contributed by atoms with Crippen LogP contribution in [0.15, 0.2) is 12.2 Å². The second-order valence-corrected chi connectivity index (χ2v) is 4.33. The van der Waals surface area contributed by atoms with Crippen molar-refractivity contribution in [3.63, 3.8) is 0 Å². The molecule has 1 aliphatic carbocycles. The van der Waals surface area contributed by atoms with Gasteiger partial charge in [-0.25, -0.2) is 0 Å². The van der Waals surface area contributed by atoms with Gasteiger partial charge in [-0.3, -0.25) is 4.79 Å². The van der Waals surface area contributed by atoms with Crippen molar-refractivity contribution in [3.8, 4) is 0 Å². The number of hydrogen-bond acceptors (Lipinski definition) is 1. The van der Waals surface area contributed by atoms with Gasteiger partial charge in [0.2, 0.25) is 0 Å². The van der Waals surface area contributed by atoms with Crippen LogP contribution in [0.5, 0.6) is 0 Å². The Labute approximate surface area is 86.0 Å². The first-order chi connectivity index (χ1) is 6.68. The highest BCUT2D eigenvalue weighted by atomic mass is 16.4. The van der Waals surface area contributed by atoms with E-state index in [2.05, 4.69) is 19.1 Å². The molecule has 0 unspecified atom stereocenters. The van der Waals surface area contributed by atoms with E-state index >= 15 is 0 Å². The Morgan fingerprint density at radius 1 is 1.43 bits per heavy atom. The normalized spacial score (nSPS) is 20.4. The number of unbranched alkanes of at least 4 members (excludes halogenated alkanes) is 1. The first-order valence-corrected chi connectivity index (χ1v) is 5.58. The van der Waals surface area contributed by atoms with Gasteiger partial charge in [-0.05, 0) is 24.7 Å². The molecular weight excluding hydrogens is 176 g/mol. The average Bonchev–Trinajstić information content (AvgIpc) is 2.53. The second-order valence-electron chi connectivity index (χ2n) is 4.33. The van der Waals surface area contributed by atoms with E-state index in [1.54, 1.807) is 0 Å². The standard InChI is InChI=1S/C12H20O2/c1-2-3-4-7-12(10-11(13)14)8-5-6-9-12/h4,7H,2-3,5-6,8-10H2,1H3,(H,13,14)/b7-4+. The average molecular weight is 196 g/mol. The number of rotatable bonds is 5. The van der Waals surface area contributed by atoms with Crippen molar-refractivity contribution in [2.24, 2.45) is 5.41 Å². The SMILES string of the molecule is CCC/C=C/C1(CC(=O)O)CCCC1. The summed E-state index contributed by atoms with van der Waals surface area (Å²) in [5, 5.41) is 8.86. The molecule has 0 bridgehead atoms. The molecule has 0 aromatic rings. The predicted octanol–water partition coefficient (Wildman–Crippen LogP) is 3.38. The number of hydrogen-bond donors (Lipinski definition) is 1. The highest BCUT2D eigenvalue weighted by molar-refractivity contribution is 5.68. The molecule has 0 aliphatic heterocycles. The zero-order valence-corrected chi connectivity index (χ0v) is 8.96. The topological polar surface area (TPSA) is 37.3 Å². The van der Waals surface area contributed by atoms with Crippen LogP contribution in [-0.4, -0.2) is 11.1 Å². The molecule has 2 heteroatoms. The van der Waals surface area contributed by atoms with E-state index in [-0.39, 0.29) is 5.41 Å². The van der Waals surface area contributed by atoms with E-state index < -0.39 is 5.97 Å². The number of aliphatic carboxylic acids is 1. The third-order valence-electron chi connectivity index (χ3n) is 3.03. The van der Waals surface area contributed by atoms with Gasteiger partial charge < -0.3 is 5.11 Å². The predicted molar refractivity (Wildman–Crippen MR) is 57.2 cm³/mol. The monoisotopic (exact) mass is 196 g/mol. The summed E-state index contributed by atoms with van der Waals surface area (Å²) in [6.45, 7) is 2.14. The molecule has 1 rings (SSSR count). The molecule has 0 radical (unpaired) electrons. The number of carbonyl (C=O) groups is 1. The fraction of sp³-hybridized carbons (Fsp3) is 0.750. The summed E-state index contributed by atoms with van der Waals surface area (Å²) in [5.74, 6) is -0.659. The first kappa shape index (κ1) is 11.3. The smallest absolute Gasteiger partial charge is 0.304 e. The Morgan fingerprint density at radius 3 is 2.57 bits per heavy atom. The maximum absolute atomic E-state index is 10.8. The van der Waals surface area contributed by atoms with Crippen LogP contribution in [0, 0.1) is 5.41 Å². The summed E-state index contributed by atoms with van der Waals surface area (Å²) in [7, 11) is 0. The van der Waals surface area contributed by atoms with Crippen LogP contribution in [0.2, 0.25) is 0 Å². The van der Waals surface area contributed by atoms with Gasteiger partial charge in [0.25, 0.3) is 0 Å². The van der Waals surface area contributed by atoms with Gasteiger partial charge >= 0.3 is 5.97 Å². The molecule has 0 amide bonds. The molecule has 0 spiro atoms. The summed E-state index contributed by atoms with van der Waals surface area (Å²) in [4.78, 5) is 10.8. The van der Waals surface area contributed by atoms with Gasteiger partial charge in [0.1, 0.15) is 0 Å². The van der Waals surface area contributed by atoms with Crippen LogP contribution in [0.25, 0.3) is 0 Å². The molecule has 0 aromatic carbocycles. The van der Waals surface area contributed by atoms with Gasteiger partial charge in [0, 0.05) is 0 Å². The molecule has 1 saturated carbocycles. The Balaban J connectivity index is 2.57. The second kappa shape index (κ2) is 5.18. The van der Waals surface area contributed by atoms with E-state index in [1.165, 1.54) is 12.8 Å². The van der Waals surface area contributed by atoms with Gasteiger partial charge in [0.15, 0.2) is 0 Å². The van der Waals surface area contributed by atoms with Crippen LogP contribution in [0.4, 0.5) is 0 Å². The zero-order valence-electron chi connectivity index (χ0n) is 8.96. The molecule has 0 heterocycles. The Bertz CT molecular complexity index is 212. The van der Waals surface area contributed by atoms with Crippen molar-refractivity contribution in [1.29, 1.82) is 0 Å². The number of allylic oxidation sites excluding steroid dienone is 2. The zero-order chi connectivity index (χ0) is 10.4. The van der Waals surface area contributed by atoms with E-state index in [9.17, 15) is 4.79 Å². The summed E-state index contributed by atoms with van der Waals surface area (Å²) in [5.41, 5.74) is -0.0129. The Morgan fingerprint density at radius 2 is 2.07 bits per heavy atom. The quantitative estimate of drug-likeness (QED) is 0.684. The van der Waals surface area contributed by atoms with Crippen LogP contribution < -0.4 is 0 Å². The van der Waals surface area contributed by atoms with Crippen LogP contribution in [-0.2, 0) is 4.79 Å². The van der Waals surface area contributed by atoms with Crippen molar-refractivity contribution in [2.75, 3.05) is 0 Å². The summed E-state index contributed by atoms with van der Waals surface area (Å²) in [6, 6.07) is 0. The minimum Gasteiger partial charge on any atom is -0.481 e. The molecule has 80 valence electrons. The van der Waals surface area contributed by atoms with E-state index in [0.29, 0.717) is 6.42 Å². The lowest BCUT2D eigenvalue weighted by atomic mass is 9.82. The minimum atomic E-state index is -0.659. The largest absolute Gasteiger partial charge is 0.481 e. The fourth-order valence-electron chi connectivity index (χ4n) is 2.28. The highest BCUT2D eigenvalue weighted by Gasteiger charge is 2.33. The van der Waals surface area contributed by atoms with Gasteiger partial charge in [-0.15, -0.1) is 0 Å². The van der Waals surface area contributed by atoms with Crippen molar-refractivity contribution in [1.82, 2.24) is 0 Å². The lowest BCUT2D eigenvalue weighted by Crippen LogP contribution is -2.18. The Hall–Kier alpha value is -0.790. The van der Waals surface area contributed by atoms with Crippen molar-refractivity contribution >= 4 is 5.97 Å². The maximum Gasteiger partial charge on any atom is 0.304 e. The molecule has 2 nitrogen and oxygen atoms in total. The third-order valence-corrected chi connectivity index (χ3v) is 3.03. The van der Waals surface area contributed by atoms with Gasteiger partial charge in [-0.1, -0.05) is 38.3 Å². The van der Waals surface area contributed by atoms with Crippen LogP contribution >= 0.6 is 0 Å². The first-order valence-electron chi connectivity index (χ1n) is 5.58. The summed E-state index contributed by atoms with van der Waals surface area (Å²) >= 11 is 0. The molecule has 1 N–H and O–H groups in total. The number of carboxylic acid groups (broad SMARTS) is 1. The molecule has 1 aliphatic rings. The highest BCUT2D eigenvalue weighted by Crippen LogP contribution is 2.42. The van der Waals surface area contributed by atoms with Crippen molar-refractivity contribution in [3.05, 3.63) is 12.2 Å². The molecular formula is C12H20O2. The lowest BCUT2D eigenvalue weighted by Gasteiger charge is -2.22. The molecule has 14 heavy (non-hydrogen) atoms. The Kier molecular flexibility index (Phi) is 4.18. The van der Waals surface area contributed by atoms with Crippen molar-refractivity contribution < 1.29 is 9.90 Å². The summed E-state index contributed by atoms with van der Waals surface area (Å²) < 4.78 is 0. The van der Waals surface area contributed by atoms with Crippen molar-refractivity contribution in [2.45, 2.75) is 51.9 Å².